The number of aliphatic hydroxyl groups is 1. The molecule has 0 unspecified atom stereocenters. The van der Waals surface area contributed by atoms with E-state index in [-0.39, 0.29) is 6.61 Å². The van der Waals surface area contributed by atoms with Gasteiger partial charge in [0.05, 0.1) is 11.6 Å². The zero-order valence-corrected chi connectivity index (χ0v) is 10.2. The quantitative estimate of drug-likeness (QED) is 0.907. The van der Waals surface area contributed by atoms with Gasteiger partial charge in [-0.05, 0) is 23.8 Å². The normalized spacial score (nSPS) is 10.3. The van der Waals surface area contributed by atoms with Gasteiger partial charge in [0.2, 0.25) is 0 Å². The zero-order valence-electron chi connectivity index (χ0n) is 9.47. The molecule has 2 rings (SSSR count). The molecule has 0 saturated carbocycles. The molecule has 0 aliphatic heterocycles. The van der Waals surface area contributed by atoms with Gasteiger partial charge < -0.3 is 10.0 Å². The molecule has 3 nitrogen and oxygen atoms in total. The lowest BCUT2D eigenvalue weighted by Gasteiger charge is -2.19. The molecular weight excluding hydrogens is 236 g/mol. The van der Waals surface area contributed by atoms with Gasteiger partial charge in [0.25, 0.3) is 0 Å². The first-order chi connectivity index (χ1) is 8.22. The molecule has 0 atom stereocenters. The third-order valence-corrected chi connectivity index (χ3v) is 2.80. The van der Waals surface area contributed by atoms with Gasteiger partial charge in [-0.1, -0.05) is 29.8 Å². The number of para-hydroxylation sites is 1. The number of nitrogens with zero attached hydrogens (tertiary/aromatic N) is 2. The Kier molecular flexibility index (Phi) is 3.61. The Morgan fingerprint density at radius 2 is 2.00 bits per heavy atom. The van der Waals surface area contributed by atoms with E-state index in [1.807, 2.05) is 42.3 Å². The minimum Gasteiger partial charge on any atom is -0.392 e. The molecule has 1 aromatic heterocycles. The minimum atomic E-state index is -0.0535. The summed E-state index contributed by atoms with van der Waals surface area (Å²) in [4.78, 5) is 6.17. The topological polar surface area (TPSA) is 36.4 Å². The molecule has 1 heterocycles. The molecule has 1 N–H and O–H groups in total. The Morgan fingerprint density at radius 3 is 2.59 bits per heavy atom. The van der Waals surface area contributed by atoms with Crippen molar-refractivity contribution in [1.82, 2.24) is 4.98 Å². The number of aliphatic hydroxyl groups excluding tert-OH is 1. The molecule has 4 heteroatoms. The second-order valence-electron chi connectivity index (χ2n) is 3.70. The number of hydrogen-bond donors (Lipinski definition) is 1. The van der Waals surface area contributed by atoms with E-state index in [0.29, 0.717) is 16.4 Å². The number of anilines is 2. The largest absolute Gasteiger partial charge is 0.392 e. The summed E-state index contributed by atoms with van der Waals surface area (Å²) in [7, 11) is 1.90. The number of hydrogen-bond acceptors (Lipinski definition) is 3. The van der Waals surface area contributed by atoms with E-state index in [2.05, 4.69) is 4.98 Å². The van der Waals surface area contributed by atoms with E-state index in [1.165, 1.54) is 0 Å². The summed E-state index contributed by atoms with van der Waals surface area (Å²) in [5.74, 6) is 0.676. The third kappa shape index (κ3) is 2.57. The first-order valence-electron chi connectivity index (χ1n) is 5.26. The summed E-state index contributed by atoms with van der Waals surface area (Å²) in [5, 5.41) is 9.53. The first-order valence-corrected chi connectivity index (χ1v) is 5.64. The fraction of sp³-hybridized carbons (Fsp3) is 0.154. The highest BCUT2D eigenvalue weighted by Crippen LogP contribution is 2.28. The van der Waals surface area contributed by atoms with Gasteiger partial charge in [-0.25, -0.2) is 4.98 Å². The molecule has 0 radical (unpaired) electrons. The summed E-state index contributed by atoms with van der Waals surface area (Å²) in [6, 6.07) is 11.6. The fourth-order valence-corrected chi connectivity index (χ4v) is 1.89. The summed E-state index contributed by atoms with van der Waals surface area (Å²) in [6.45, 7) is -0.0535. The molecule has 0 saturated heterocycles. The molecule has 2 aromatic rings. The molecule has 0 bridgehead atoms. The van der Waals surface area contributed by atoms with Crippen molar-refractivity contribution in [2.75, 3.05) is 11.9 Å². The van der Waals surface area contributed by atoms with Crippen LogP contribution in [0.25, 0.3) is 0 Å². The Bertz CT molecular complexity index is 502. The van der Waals surface area contributed by atoms with Gasteiger partial charge in [-0.3, -0.25) is 0 Å². The van der Waals surface area contributed by atoms with Crippen molar-refractivity contribution in [2.45, 2.75) is 6.61 Å². The van der Waals surface area contributed by atoms with Crippen LogP contribution in [0.4, 0.5) is 11.5 Å². The second-order valence-corrected chi connectivity index (χ2v) is 4.11. The Morgan fingerprint density at radius 1 is 1.29 bits per heavy atom. The smallest absolute Gasteiger partial charge is 0.151 e. The van der Waals surface area contributed by atoms with Crippen LogP contribution >= 0.6 is 11.6 Å². The first kappa shape index (κ1) is 11.9. The number of pyridine rings is 1. The third-order valence-electron chi connectivity index (χ3n) is 2.52. The molecule has 0 amide bonds. The van der Waals surface area contributed by atoms with Crippen molar-refractivity contribution in [2.24, 2.45) is 0 Å². The van der Waals surface area contributed by atoms with Gasteiger partial charge in [-0.2, -0.15) is 0 Å². The maximum Gasteiger partial charge on any atom is 0.151 e. The van der Waals surface area contributed by atoms with Crippen LogP contribution in [0, 0.1) is 0 Å². The summed E-state index contributed by atoms with van der Waals surface area (Å²) >= 11 is 6.14. The van der Waals surface area contributed by atoms with Crippen LogP contribution in [0.1, 0.15) is 5.56 Å². The molecule has 0 fully saturated rings. The van der Waals surface area contributed by atoms with E-state index in [0.717, 1.165) is 5.69 Å². The maximum absolute atomic E-state index is 9.00. The molecule has 0 aliphatic rings. The standard InChI is InChI=1S/C13H13ClN2O/c1-16(11-5-3-2-4-6-11)13-12(14)7-10(9-17)8-15-13/h2-8,17H,9H2,1H3. The van der Waals surface area contributed by atoms with Crippen molar-refractivity contribution in [3.05, 3.63) is 53.2 Å². The van der Waals surface area contributed by atoms with Gasteiger partial charge in [0, 0.05) is 18.9 Å². The van der Waals surface area contributed by atoms with E-state index >= 15 is 0 Å². The Labute approximate surface area is 105 Å². The average Bonchev–Trinajstić information content (AvgIpc) is 2.39. The van der Waals surface area contributed by atoms with Crippen LogP contribution < -0.4 is 4.90 Å². The molecular formula is C13H13ClN2O. The second kappa shape index (κ2) is 5.17. The van der Waals surface area contributed by atoms with Crippen molar-refractivity contribution < 1.29 is 5.11 Å². The lowest BCUT2D eigenvalue weighted by molar-refractivity contribution is 0.281. The molecule has 0 spiro atoms. The number of benzene rings is 1. The molecule has 17 heavy (non-hydrogen) atoms. The molecule has 0 aliphatic carbocycles. The van der Waals surface area contributed by atoms with Crippen LogP contribution in [0.15, 0.2) is 42.6 Å². The van der Waals surface area contributed by atoms with Crippen molar-refractivity contribution in [3.63, 3.8) is 0 Å². The van der Waals surface area contributed by atoms with E-state index < -0.39 is 0 Å². The van der Waals surface area contributed by atoms with Gasteiger partial charge in [0.15, 0.2) is 5.82 Å². The summed E-state index contributed by atoms with van der Waals surface area (Å²) in [5.41, 5.74) is 1.72. The highest BCUT2D eigenvalue weighted by molar-refractivity contribution is 6.33. The number of aromatic nitrogens is 1. The number of halogens is 1. The summed E-state index contributed by atoms with van der Waals surface area (Å²) < 4.78 is 0. The highest BCUT2D eigenvalue weighted by Gasteiger charge is 2.09. The van der Waals surface area contributed by atoms with E-state index in [1.54, 1.807) is 12.3 Å². The Balaban J connectivity index is 2.34. The van der Waals surface area contributed by atoms with Gasteiger partial charge in [0.1, 0.15) is 0 Å². The van der Waals surface area contributed by atoms with Crippen molar-refractivity contribution in [3.8, 4) is 0 Å². The van der Waals surface area contributed by atoms with Crippen molar-refractivity contribution in [1.29, 1.82) is 0 Å². The molecule has 88 valence electrons. The van der Waals surface area contributed by atoms with E-state index in [9.17, 15) is 0 Å². The summed E-state index contributed by atoms with van der Waals surface area (Å²) in [6.07, 6.45) is 1.63. The highest BCUT2D eigenvalue weighted by atomic mass is 35.5. The predicted molar refractivity (Wildman–Crippen MR) is 69.7 cm³/mol. The Hall–Kier alpha value is -1.58. The van der Waals surface area contributed by atoms with E-state index in [4.69, 9.17) is 16.7 Å². The van der Waals surface area contributed by atoms with Gasteiger partial charge in [-0.15, -0.1) is 0 Å². The fourth-order valence-electron chi connectivity index (χ4n) is 1.58. The maximum atomic E-state index is 9.00. The lowest BCUT2D eigenvalue weighted by Crippen LogP contribution is -2.11. The monoisotopic (exact) mass is 248 g/mol. The van der Waals surface area contributed by atoms with Crippen LogP contribution in [-0.4, -0.2) is 17.1 Å². The van der Waals surface area contributed by atoms with Crippen LogP contribution in [0.5, 0.6) is 0 Å². The predicted octanol–water partition coefficient (Wildman–Crippen LogP) is 3.00. The van der Waals surface area contributed by atoms with Gasteiger partial charge >= 0.3 is 0 Å². The van der Waals surface area contributed by atoms with Crippen LogP contribution in [-0.2, 0) is 6.61 Å². The SMILES string of the molecule is CN(c1ccccc1)c1ncc(CO)cc1Cl. The number of rotatable bonds is 3. The lowest BCUT2D eigenvalue weighted by atomic mass is 10.2. The van der Waals surface area contributed by atoms with Crippen LogP contribution in [0.3, 0.4) is 0 Å². The average molecular weight is 249 g/mol. The van der Waals surface area contributed by atoms with Crippen LogP contribution in [0.2, 0.25) is 5.02 Å². The molecule has 1 aromatic carbocycles. The van der Waals surface area contributed by atoms with Crippen molar-refractivity contribution >= 4 is 23.1 Å². The minimum absolute atomic E-state index is 0.0535. The zero-order chi connectivity index (χ0) is 12.3.